The minimum atomic E-state index is 0.414. The second-order valence-corrected chi connectivity index (χ2v) is 4.71. The summed E-state index contributed by atoms with van der Waals surface area (Å²) in [6, 6.07) is 11.5. The third-order valence-corrected chi connectivity index (χ3v) is 3.48. The van der Waals surface area contributed by atoms with E-state index in [0.717, 1.165) is 13.2 Å². The Morgan fingerprint density at radius 2 is 2.00 bits per heavy atom. The predicted molar refractivity (Wildman–Crippen MR) is 66.4 cm³/mol. The highest BCUT2D eigenvalue weighted by atomic mass is 16.5. The molecule has 1 aliphatic heterocycles. The van der Waals surface area contributed by atoms with Crippen molar-refractivity contribution >= 4 is 0 Å². The lowest BCUT2D eigenvalue weighted by atomic mass is 9.98. The molecule has 0 spiro atoms. The molecule has 2 nitrogen and oxygen atoms in total. The van der Waals surface area contributed by atoms with Crippen molar-refractivity contribution in [1.29, 1.82) is 0 Å². The van der Waals surface area contributed by atoms with Gasteiger partial charge < -0.3 is 10.1 Å². The molecular formula is C14H21NO. The summed E-state index contributed by atoms with van der Waals surface area (Å²) in [7, 11) is 0. The lowest BCUT2D eigenvalue weighted by Gasteiger charge is -2.24. The maximum Gasteiger partial charge on any atom is 0.0509 e. The van der Waals surface area contributed by atoms with E-state index in [9.17, 15) is 0 Å². The molecule has 0 aromatic heterocycles. The quantitative estimate of drug-likeness (QED) is 0.840. The van der Waals surface area contributed by atoms with Crippen molar-refractivity contribution in [3.05, 3.63) is 35.9 Å². The van der Waals surface area contributed by atoms with Gasteiger partial charge in [-0.05, 0) is 31.7 Å². The number of benzene rings is 1. The molecule has 1 aromatic rings. The minimum absolute atomic E-state index is 0.414. The monoisotopic (exact) mass is 219 g/mol. The Kier molecular flexibility index (Phi) is 3.97. The van der Waals surface area contributed by atoms with E-state index < -0.39 is 0 Å². The lowest BCUT2D eigenvalue weighted by molar-refractivity contribution is 0.177. The van der Waals surface area contributed by atoms with Crippen LogP contribution in [0, 0.1) is 5.92 Å². The molecule has 1 aromatic carbocycles. The summed E-state index contributed by atoms with van der Waals surface area (Å²) in [5.41, 5.74) is 1.35. The first-order valence-corrected chi connectivity index (χ1v) is 6.16. The van der Waals surface area contributed by atoms with Gasteiger partial charge in [-0.15, -0.1) is 0 Å². The van der Waals surface area contributed by atoms with E-state index in [1.807, 2.05) is 0 Å². The van der Waals surface area contributed by atoms with Crippen LogP contribution in [0.4, 0.5) is 0 Å². The van der Waals surface area contributed by atoms with Crippen molar-refractivity contribution in [3.63, 3.8) is 0 Å². The predicted octanol–water partition coefficient (Wildman–Crippen LogP) is 2.76. The average molecular weight is 219 g/mol. The van der Waals surface area contributed by atoms with Crippen LogP contribution in [0.15, 0.2) is 30.3 Å². The highest BCUT2D eigenvalue weighted by Crippen LogP contribution is 2.20. The molecule has 1 heterocycles. The molecule has 0 saturated carbocycles. The van der Waals surface area contributed by atoms with Gasteiger partial charge in [0.05, 0.1) is 6.61 Å². The van der Waals surface area contributed by atoms with Crippen LogP contribution in [0.1, 0.15) is 31.9 Å². The van der Waals surface area contributed by atoms with E-state index in [1.165, 1.54) is 12.0 Å². The molecule has 88 valence electrons. The van der Waals surface area contributed by atoms with Gasteiger partial charge >= 0.3 is 0 Å². The first kappa shape index (κ1) is 11.6. The summed E-state index contributed by atoms with van der Waals surface area (Å²) < 4.78 is 5.43. The van der Waals surface area contributed by atoms with Crippen LogP contribution in [0.2, 0.25) is 0 Å². The normalized spacial score (nSPS) is 24.2. The van der Waals surface area contributed by atoms with Gasteiger partial charge in [-0.25, -0.2) is 0 Å². The van der Waals surface area contributed by atoms with Crippen molar-refractivity contribution in [2.45, 2.75) is 32.4 Å². The molecule has 0 bridgehead atoms. The van der Waals surface area contributed by atoms with Crippen molar-refractivity contribution < 1.29 is 4.74 Å². The van der Waals surface area contributed by atoms with Gasteiger partial charge in [0.1, 0.15) is 0 Å². The maximum absolute atomic E-state index is 5.43. The number of hydrogen-bond acceptors (Lipinski definition) is 2. The highest BCUT2D eigenvalue weighted by molar-refractivity contribution is 5.18. The summed E-state index contributed by atoms with van der Waals surface area (Å²) in [5, 5.41) is 3.66. The second-order valence-electron chi connectivity index (χ2n) is 4.71. The van der Waals surface area contributed by atoms with Crippen molar-refractivity contribution in [2.24, 2.45) is 5.92 Å². The smallest absolute Gasteiger partial charge is 0.0509 e. The molecule has 0 aliphatic carbocycles. The Bertz CT molecular complexity index is 306. The molecule has 16 heavy (non-hydrogen) atoms. The average Bonchev–Trinajstić information content (AvgIpc) is 2.83. The molecule has 0 amide bonds. The third-order valence-electron chi connectivity index (χ3n) is 3.48. The molecule has 3 unspecified atom stereocenters. The maximum atomic E-state index is 5.43. The molecule has 1 fully saturated rings. The molecule has 2 heteroatoms. The van der Waals surface area contributed by atoms with E-state index in [4.69, 9.17) is 4.74 Å². The molecule has 1 N–H and O–H groups in total. The van der Waals surface area contributed by atoms with Crippen LogP contribution >= 0.6 is 0 Å². The van der Waals surface area contributed by atoms with Crippen LogP contribution in [0.3, 0.4) is 0 Å². The van der Waals surface area contributed by atoms with Gasteiger partial charge in [0, 0.05) is 18.7 Å². The van der Waals surface area contributed by atoms with Crippen LogP contribution in [-0.4, -0.2) is 19.3 Å². The Labute approximate surface area is 98.0 Å². The van der Waals surface area contributed by atoms with Gasteiger partial charge in [-0.2, -0.15) is 0 Å². The Morgan fingerprint density at radius 3 is 2.62 bits per heavy atom. The molecule has 1 saturated heterocycles. The van der Waals surface area contributed by atoms with Crippen LogP contribution in [0.5, 0.6) is 0 Å². The van der Waals surface area contributed by atoms with Gasteiger partial charge in [0.2, 0.25) is 0 Å². The van der Waals surface area contributed by atoms with E-state index in [-0.39, 0.29) is 0 Å². The van der Waals surface area contributed by atoms with E-state index in [0.29, 0.717) is 18.0 Å². The second kappa shape index (κ2) is 5.46. The molecule has 2 rings (SSSR count). The summed E-state index contributed by atoms with van der Waals surface area (Å²) in [6.45, 7) is 6.33. The molecule has 0 radical (unpaired) electrons. The fourth-order valence-electron chi connectivity index (χ4n) is 2.32. The summed E-state index contributed by atoms with van der Waals surface area (Å²) in [5.74, 6) is 0.672. The third kappa shape index (κ3) is 2.83. The molecule has 1 aliphatic rings. The van der Waals surface area contributed by atoms with Crippen molar-refractivity contribution in [3.8, 4) is 0 Å². The first-order valence-electron chi connectivity index (χ1n) is 6.16. The summed E-state index contributed by atoms with van der Waals surface area (Å²) >= 11 is 0. The Hall–Kier alpha value is -0.860. The molecular weight excluding hydrogens is 198 g/mol. The lowest BCUT2D eigenvalue weighted by Crippen LogP contribution is -2.35. The molecule has 3 atom stereocenters. The Morgan fingerprint density at radius 1 is 1.25 bits per heavy atom. The van der Waals surface area contributed by atoms with E-state index in [1.54, 1.807) is 0 Å². The summed E-state index contributed by atoms with van der Waals surface area (Å²) in [6.07, 6.45) is 1.19. The summed E-state index contributed by atoms with van der Waals surface area (Å²) in [4.78, 5) is 0. The fourth-order valence-corrected chi connectivity index (χ4v) is 2.32. The van der Waals surface area contributed by atoms with Crippen molar-refractivity contribution in [2.75, 3.05) is 13.2 Å². The number of ether oxygens (including phenoxy) is 1. The van der Waals surface area contributed by atoms with Gasteiger partial charge in [-0.3, -0.25) is 0 Å². The largest absolute Gasteiger partial charge is 0.381 e. The fraction of sp³-hybridized carbons (Fsp3) is 0.571. The minimum Gasteiger partial charge on any atom is -0.381 e. The highest BCUT2D eigenvalue weighted by Gasteiger charge is 2.23. The SMILES string of the molecule is CC(NC(C)C1CCOC1)c1ccccc1. The van der Waals surface area contributed by atoms with Crippen LogP contribution < -0.4 is 5.32 Å². The van der Waals surface area contributed by atoms with E-state index in [2.05, 4.69) is 49.5 Å². The number of nitrogens with one attached hydrogen (secondary N) is 1. The van der Waals surface area contributed by atoms with Gasteiger partial charge in [0.15, 0.2) is 0 Å². The topological polar surface area (TPSA) is 21.3 Å². The zero-order valence-corrected chi connectivity index (χ0v) is 10.1. The zero-order valence-electron chi connectivity index (χ0n) is 10.1. The van der Waals surface area contributed by atoms with Gasteiger partial charge in [0.25, 0.3) is 0 Å². The number of hydrogen-bond donors (Lipinski definition) is 1. The standard InChI is InChI=1S/C14H21NO/c1-11(13-6-4-3-5-7-13)15-12(2)14-8-9-16-10-14/h3-7,11-12,14-15H,8-10H2,1-2H3. The Balaban J connectivity index is 1.89. The number of rotatable bonds is 4. The zero-order chi connectivity index (χ0) is 11.4. The van der Waals surface area contributed by atoms with E-state index >= 15 is 0 Å². The van der Waals surface area contributed by atoms with Crippen LogP contribution in [-0.2, 0) is 4.74 Å². The van der Waals surface area contributed by atoms with Crippen molar-refractivity contribution in [1.82, 2.24) is 5.32 Å². The van der Waals surface area contributed by atoms with Gasteiger partial charge in [-0.1, -0.05) is 30.3 Å². The van der Waals surface area contributed by atoms with Crippen LogP contribution in [0.25, 0.3) is 0 Å². The first-order chi connectivity index (χ1) is 7.77.